The average molecular weight is 912 g/mol. The number of amides is 2. The van der Waals surface area contributed by atoms with Crippen LogP contribution in [0.15, 0.2) is 164 Å². The minimum Gasteiger partial charge on any atom is -0.504 e. The number of ether oxygens (including phenoxy) is 3. The van der Waals surface area contributed by atoms with Gasteiger partial charge in [-0.25, -0.2) is 0 Å². The Labute approximate surface area is 371 Å². The molecular formula is C50H49N2O8Pd-. The molecule has 0 bridgehead atoms. The second kappa shape index (κ2) is 22.9. The van der Waals surface area contributed by atoms with E-state index in [1.165, 1.54) is 0 Å². The first kappa shape index (κ1) is 46.6. The van der Waals surface area contributed by atoms with E-state index in [1.54, 1.807) is 24.3 Å². The zero-order chi connectivity index (χ0) is 41.6. The van der Waals surface area contributed by atoms with Gasteiger partial charge in [-0.2, -0.15) is 0 Å². The number of phenols is 3. The molecule has 0 aromatic heterocycles. The van der Waals surface area contributed by atoms with E-state index in [2.05, 4.69) is 10.6 Å². The molecule has 0 aliphatic carbocycles. The fraction of sp³-hybridized carbons (Fsp3) is 0.100. The molecule has 2 amide bonds. The van der Waals surface area contributed by atoms with Crippen molar-refractivity contribution in [2.45, 2.75) is 33.7 Å². The molecule has 0 aliphatic rings. The van der Waals surface area contributed by atoms with Crippen LogP contribution in [0.25, 0.3) is 0 Å². The second-order valence-electron chi connectivity index (χ2n) is 13.6. The predicted octanol–water partition coefficient (Wildman–Crippen LogP) is 11.0. The maximum absolute atomic E-state index is 13.4. The van der Waals surface area contributed by atoms with E-state index in [1.807, 2.05) is 141 Å². The van der Waals surface area contributed by atoms with Crippen molar-refractivity contribution in [3.05, 3.63) is 210 Å². The van der Waals surface area contributed by atoms with Crippen LogP contribution in [0.3, 0.4) is 0 Å². The Hall–Kier alpha value is -7.06. The van der Waals surface area contributed by atoms with Gasteiger partial charge in [0.15, 0.2) is 28.7 Å². The summed E-state index contributed by atoms with van der Waals surface area (Å²) < 4.78 is 18.9. The fourth-order valence-corrected chi connectivity index (χ4v) is 5.68. The number of benzene rings is 7. The van der Waals surface area contributed by atoms with Crippen molar-refractivity contribution < 1.29 is 61.0 Å². The van der Waals surface area contributed by atoms with Gasteiger partial charge in [0.25, 0.3) is 11.8 Å². The van der Waals surface area contributed by atoms with Gasteiger partial charge in [0, 0.05) is 44.4 Å². The zero-order valence-corrected chi connectivity index (χ0v) is 35.5. The average Bonchev–Trinajstić information content (AvgIpc) is 3.26. The Balaban J connectivity index is 0.000000394. The molecule has 0 atom stereocenters. The molecule has 0 fully saturated rings. The van der Waals surface area contributed by atoms with Gasteiger partial charge in [-0.3, -0.25) is 9.59 Å². The van der Waals surface area contributed by atoms with E-state index in [0.717, 1.165) is 39.9 Å². The molecule has 5 N–H and O–H groups in total. The number of rotatable bonds is 13. The Morgan fingerprint density at radius 2 is 0.820 bits per heavy atom. The van der Waals surface area contributed by atoms with Crippen molar-refractivity contribution in [3.8, 4) is 34.5 Å². The van der Waals surface area contributed by atoms with Crippen molar-refractivity contribution in [1.82, 2.24) is 0 Å². The van der Waals surface area contributed by atoms with E-state index in [0.29, 0.717) is 54.0 Å². The standard InChI is InChI=1S/C35H31NO4.C14H13NO4.CH3.Pd.H2/c1-26-17-19-31(20-18-26)36-35(37)30-21-32(38-23-27-11-5-2-6-12-27)34(40-25-29-15-9-4-10-16-29)33(22-30)39-24-28-13-7-3-8-14-28;1-8-2-4-10(5-3-8)15-14(19)9-6-11(16)13(18)12(17)7-9;;;/h2-22H,23-25H2,1H3,(H,36,37);2-7,16-18H,1H3,(H,15,19);1H3;;1H/q;;-1;;. The molecule has 7 aromatic carbocycles. The van der Waals surface area contributed by atoms with Gasteiger partial charge < -0.3 is 47.6 Å². The molecular weight excluding hydrogens is 863 g/mol. The summed E-state index contributed by atoms with van der Waals surface area (Å²) >= 11 is 0. The molecule has 11 heteroatoms. The van der Waals surface area contributed by atoms with Gasteiger partial charge in [0.05, 0.1) is 0 Å². The summed E-state index contributed by atoms with van der Waals surface area (Å²) in [5, 5.41) is 33.5. The number of aryl methyl sites for hydroxylation is 2. The first-order valence-corrected chi connectivity index (χ1v) is 18.8. The third kappa shape index (κ3) is 13.8. The molecule has 0 saturated carbocycles. The maximum Gasteiger partial charge on any atom is 0.255 e. The number of hydrogen-bond acceptors (Lipinski definition) is 8. The quantitative estimate of drug-likeness (QED) is 0.0437. The summed E-state index contributed by atoms with van der Waals surface area (Å²) in [6, 6.07) is 50.1. The van der Waals surface area contributed by atoms with Crippen LogP contribution >= 0.6 is 0 Å². The number of aromatic hydroxyl groups is 3. The van der Waals surface area contributed by atoms with Crippen LogP contribution in [0.4, 0.5) is 11.4 Å². The van der Waals surface area contributed by atoms with E-state index >= 15 is 0 Å². The Morgan fingerprint density at radius 1 is 0.492 bits per heavy atom. The molecule has 318 valence electrons. The molecule has 0 unspecified atom stereocenters. The molecule has 10 nitrogen and oxygen atoms in total. The summed E-state index contributed by atoms with van der Waals surface area (Å²) in [6.07, 6.45) is 0. The molecule has 0 aliphatic heterocycles. The monoisotopic (exact) mass is 911 g/mol. The van der Waals surface area contributed by atoms with Crippen molar-refractivity contribution in [2.75, 3.05) is 10.6 Å². The summed E-state index contributed by atoms with van der Waals surface area (Å²) in [6.45, 7) is 4.88. The maximum atomic E-state index is 13.4. The summed E-state index contributed by atoms with van der Waals surface area (Å²) in [5.41, 5.74) is 6.94. The number of carbonyl (C=O) groups excluding carboxylic acids is 2. The van der Waals surface area contributed by atoms with Gasteiger partial charge in [0.2, 0.25) is 5.75 Å². The molecule has 7 rings (SSSR count). The van der Waals surface area contributed by atoms with Crippen LogP contribution < -0.4 is 24.8 Å². The van der Waals surface area contributed by atoms with E-state index in [9.17, 15) is 24.9 Å². The predicted molar refractivity (Wildman–Crippen MR) is 237 cm³/mol. The molecule has 0 radical (unpaired) electrons. The second-order valence-corrected chi connectivity index (χ2v) is 13.6. The van der Waals surface area contributed by atoms with Crippen molar-refractivity contribution in [1.29, 1.82) is 0 Å². The topological polar surface area (TPSA) is 147 Å². The van der Waals surface area contributed by atoms with Crippen molar-refractivity contribution in [2.24, 2.45) is 0 Å². The number of nitrogens with one attached hydrogen (secondary N) is 2. The van der Waals surface area contributed by atoms with E-state index < -0.39 is 23.2 Å². The first-order valence-electron chi connectivity index (χ1n) is 18.8. The smallest absolute Gasteiger partial charge is 0.255 e. The molecule has 0 heterocycles. The Kier molecular flexibility index (Phi) is 17.5. The van der Waals surface area contributed by atoms with Crippen LogP contribution in [0.5, 0.6) is 34.5 Å². The SMILES string of the molecule is Cc1ccc(NC(=O)c2cc(O)c(O)c(O)c2)cc1.Cc1ccc(NC(=O)c2cc(OCc3ccccc3)c(OCc3ccccc3)c(OCc3ccccc3)c2)cc1.[CH3-].[HH].[Pd]. The van der Waals surface area contributed by atoms with Crippen molar-refractivity contribution >= 4 is 23.2 Å². The van der Waals surface area contributed by atoms with Crippen LogP contribution in [-0.4, -0.2) is 27.1 Å². The van der Waals surface area contributed by atoms with E-state index in [-0.39, 0.29) is 40.7 Å². The van der Waals surface area contributed by atoms with Crippen LogP contribution in [-0.2, 0) is 40.2 Å². The van der Waals surface area contributed by atoms with Crippen molar-refractivity contribution in [3.63, 3.8) is 0 Å². The van der Waals surface area contributed by atoms with Crippen LogP contribution in [0, 0.1) is 21.3 Å². The number of anilines is 2. The number of phenolic OH excluding ortho intramolecular Hbond substituents is 3. The van der Waals surface area contributed by atoms with Gasteiger partial charge in [0.1, 0.15) is 19.8 Å². The van der Waals surface area contributed by atoms with Gasteiger partial charge in [-0.1, -0.05) is 126 Å². The minimum atomic E-state index is -0.646. The van der Waals surface area contributed by atoms with Crippen LogP contribution in [0.2, 0.25) is 0 Å². The third-order valence-corrected chi connectivity index (χ3v) is 8.93. The number of hydrogen-bond donors (Lipinski definition) is 5. The summed E-state index contributed by atoms with van der Waals surface area (Å²) in [4.78, 5) is 25.3. The van der Waals surface area contributed by atoms with Gasteiger partial charge in [-0.05, 0) is 79.1 Å². The Morgan fingerprint density at radius 3 is 1.18 bits per heavy atom. The number of carbonyl (C=O) groups is 2. The van der Waals surface area contributed by atoms with E-state index in [4.69, 9.17) is 14.2 Å². The minimum absolute atomic E-state index is 0. The van der Waals surface area contributed by atoms with Gasteiger partial charge in [-0.15, -0.1) is 0 Å². The molecule has 61 heavy (non-hydrogen) atoms. The first-order chi connectivity index (χ1) is 28.6. The van der Waals surface area contributed by atoms with Crippen LogP contribution in [0.1, 0.15) is 50.0 Å². The molecule has 7 aromatic rings. The third-order valence-electron chi connectivity index (χ3n) is 8.93. The zero-order valence-electron chi connectivity index (χ0n) is 33.9. The molecule has 0 spiro atoms. The summed E-state index contributed by atoms with van der Waals surface area (Å²) in [7, 11) is 0. The van der Waals surface area contributed by atoms with Gasteiger partial charge >= 0.3 is 0 Å². The molecule has 0 saturated heterocycles. The largest absolute Gasteiger partial charge is 0.504 e. The normalized spacial score (nSPS) is 10.1. The summed E-state index contributed by atoms with van der Waals surface area (Å²) in [5.74, 6) is -1.20. The fourth-order valence-electron chi connectivity index (χ4n) is 5.68. The Bertz CT molecular complexity index is 2390.